The number of rotatable bonds is 4. The van der Waals surface area contributed by atoms with Gasteiger partial charge in [-0.3, -0.25) is 4.79 Å². The van der Waals surface area contributed by atoms with Gasteiger partial charge in [-0.15, -0.1) is 0 Å². The summed E-state index contributed by atoms with van der Waals surface area (Å²) < 4.78 is 20.1. The topological polar surface area (TPSA) is 62.1 Å². The number of carbonyl (C=O) groups is 1. The Bertz CT molecular complexity index is 1170. The van der Waals surface area contributed by atoms with Crippen molar-refractivity contribution in [3.8, 4) is 0 Å². The summed E-state index contributed by atoms with van der Waals surface area (Å²) in [5, 5.41) is 0.680. The van der Waals surface area contributed by atoms with Crippen LogP contribution >= 0.6 is 0 Å². The van der Waals surface area contributed by atoms with Crippen molar-refractivity contribution in [3.05, 3.63) is 89.5 Å². The van der Waals surface area contributed by atoms with Gasteiger partial charge in [0.25, 0.3) is 0 Å². The first-order chi connectivity index (χ1) is 14.2. The highest BCUT2D eigenvalue weighted by Gasteiger charge is 2.36. The van der Waals surface area contributed by atoms with Crippen molar-refractivity contribution in [1.82, 2.24) is 14.9 Å². The molecule has 4 aromatic rings. The molecular formula is C23H20FN3O2. The lowest BCUT2D eigenvalue weighted by atomic mass is 9.99. The van der Waals surface area contributed by atoms with Crippen LogP contribution in [0.25, 0.3) is 11.0 Å². The Morgan fingerprint density at radius 2 is 2.07 bits per heavy atom. The number of hydrogen-bond donors (Lipinski definition) is 1. The Hall–Kier alpha value is -3.41. The lowest BCUT2D eigenvalue weighted by Crippen LogP contribution is -2.40. The maximum absolute atomic E-state index is 14.2. The number of benzene rings is 2. The van der Waals surface area contributed by atoms with Gasteiger partial charge in [-0.25, -0.2) is 9.37 Å². The van der Waals surface area contributed by atoms with Crippen molar-refractivity contribution in [2.75, 3.05) is 6.54 Å². The van der Waals surface area contributed by atoms with Gasteiger partial charge in [0, 0.05) is 30.5 Å². The van der Waals surface area contributed by atoms with Crippen LogP contribution in [0.1, 0.15) is 35.2 Å². The molecule has 0 saturated carbocycles. The molecule has 6 heteroatoms. The smallest absolute Gasteiger partial charge is 0.223 e. The van der Waals surface area contributed by atoms with Crippen molar-refractivity contribution in [1.29, 1.82) is 0 Å². The van der Waals surface area contributed by atoms with Gasteiger partial charge in [0.15, 0.2) is 11.4 Å². The summed E-state index contributed by atoms with van der Waals surface area (Å²) in [5.74, 6) is 0.161. The predicted octanol–water partition coefficient (Wildman–Crippen LogP) is 4.40. The van der Waals surface area contributed by atoms with E-state index in [1.54, 1.807) is 18.5 Å². The molecule has 0 spiro atoms. The number of furan rings is 1. The van der Waals surface area contributed by atoms with Crippen molar-refractivity contribution < 1.29 is 13.6 Å². The summed E-state index contributed by atoms with van der Waals surface area (Å²) in [5.41, 5.74) is 3.09. The molecular weight excluding hydrogens is 369 g/mol. The summed E-state index contributed by atoms with van der Waals surface area (Å²) in [6.45, 7) is 0.563. The molecule has 0 saturated heterocycles. The molecule has 0 fully saturated rings. The van der Waals surface area contributed by atoms with E-state index in [1.165, 1.54) is 6.07 Å². The molecule has 0 unspecified atom stereocenters. The number of H-pyrrole nitrogens is 1. The van der Waals surface area contributed by atoms with Gasteiger partial charge in [0.05, 0.1) is 12.0 Å². The SMILES string of the molecule is O=C(CCc1ccccc1)N1CCc2[nH]cnc2[C@@H]1c1cc2cccc(F)c2o1. The zero-order chi connectivity index (χ0) is 19.8. The average Bonchev–Trinajstić information content (AvgIpc) is 3.39. The standard InChI is InChI=1S/C23H20FN3O2/c24-17-8-4-7-16-13-19(29-23(16)17)22-21-18(25-14-26-21)11-12-27(22)20(28)10-9-15-5-2-1-3-6-15/h1-8,13-14,22H,9-12H2,(H,25,26)/t22-/m0/s1. The van der Waals surface area contributed by atoms with Crippen LogP contribution in [0.15, 0.2) is 65.3 Å². The fraction of sp³-hybridized carbons (Fsp3) is 0.217. The van der Waals surface area contributed by atoms with E-state index in [0.29, 0.717) is 37.0 Å². The molecule has 1 atom stereocenters. The first kappa shape index (κ1) is 17.7. The lowest BCUT2D eigenvalue weighted by molar-refractivity contribution is -0.133. The zero-order valence-electron chi connectivity index (χ0n) is 15.8. The van der Waals surface area contributed by atoms with Gasteiger partial charge in [0.2, 0.25) is 5.91 Å². The van der Waals surface area contributed by atoms with Crippen LogP contribution in [0.5, 0.6) is 0 Å². The highest BCUT2D eigenvalue weighted by molar-refractivity contribution is 5.80. The number of nitrogens with one attached hydrogen (secondary N) is 1. The maximum atomic E-state index is 14.2. The molecule has 1 aliphatic rings. The molecule has 29 heavy (non-hydrogen) atoms. The van der Waals surface area contributed by atoms with Gasteiger partial charge < -0.3 is 14.3 Å². The minimum Gasteiger partial charge on any atom is -0.455 e. The average molecular weight is 389 g/mol. The summed E-state index contributed by atoms with van der Waals surface area (Å²) in [6, 6.07) is 16.1. The number of imidazole rings is 1. The van der Waals surface area contributed by atoms with Crippen LogP contribution in [-0.2, 0) is 17.6 Å². The highest BCUT2D eigenvalue weighted by Crippen LogP contribution is 2.37. The first-order valence-electron chi connectivity index (χ1n) is 9.74. The van der Waals surface area contributed by atoms with Crippen LogP contribution in [0.3, 0.4) is 0 Å². The summed E-state index contributed by atoms with van der Waals surface area (Å²) in [4.78, 5) is 22.6. The van der Waals surface area contributed by atoms with Crippen LogP contribution in [0, 0.1) is 5.82 Å². The summed E-state index contributed by atoms with van der Waals surface area (Å²) in [7, 11) is 0. The number of aromatic nitrogens is 2. The van der Waals surface area contributed by atoms with E-state index in [2.05, 4.69) is 9.97 Å². The minimum absolute atomic E-state index is 0.0356. The fourth-order valence-corrected chi connectivity index (χ4v) is 4.06. The Balaban J connectivity index is 1.48. The number of hydrogen-bond acceptors (Lipinski definition) is 3. The van der Waals surface area contributed by atoms with E-state index >= 15 is 0 Å². The van der Waals surface area contributed by atoms with Crippen LogP contribution in [-0.4, -0.2) is 27.3 Å². The second-order valence-electron chi connectivity index (χ2n) is 7.30. The van der Waals surface area contributed by atoms with Crippen LogP contribution in [0.4, 0.5) is 4.39 Å². The molecule has 2 aromatic heterocycles. The number of carbonyl (C=O) groups excluding carboxylic acids is 1. The second kappa shape index (κ2) is 7.20. The normalized spacial score (nSPS) is 16.2. The van der Waals surface area contributed by atoms with Gasteiger partial charge in [-0.2, -0.15) is 0 Å². The molecule has 0 radical (unpaired) electrons. The minimum atomic E-state index is -0.458. The van der Waals surface area contributed by atoms with E-state index < -0.39 is 11.9 Å². The molecule has 0 bridgehead atoms. The fourth-order valence-electron chi connectivity index (χ4n) is 4.06. The second-order valence-corrected chi connectivity index (χ2v) is 7.30. The Morgan fingerprint density at radius 1 is 1.21 bits per heavy atom. The van der Waals surface area contributed by atoms with Crippen molar-refractivity contribution in [2.45, 2.75) is 25.3 Å². The van der Waals surface area contributed by atoms with E-state index in [-0.39, 0.29) is 11.5 Å². The number of aryl methyl sites for hydroxylation is 1. The molecule has 3 heterocycles. The van der Waals surface area contributed by atoms with Gasteiger partial charge in [-0.1, -0.05) is 42.5 Å². The third-order valence-electron chi connectivity index (χ3n) is 5.50. The van der Waals surface area contributed by atoms with Crippen molar-refractivity contribution in [3.63, 3.8) is 0 Å². The van der Waals surface area contributed by atoms with Crippen LogP contribution in [0.2, 0.25) is 0 Å². The Labute approximate surface area is 167 Å². The third-order valence-corrected chi connectivity index (χ3v) is 5.50. The number of fused-ring (bicyclic) bond motifs is 2. The molecule has 1 N–H and O–H groups in total. The molecule has 0 aliphatic carbocycles. The number of halogens is 1. The Kier molecular flexibility index (Phi) is 4.39. The Morgan fingerprint density at radius 3 is 2.90 bits per heavy atom. The quantitative estimate of drug-likeness (QED) is 0.563. The molecule has 146 valence electrons. The van der Waals surface area contributed by atoms with Gasteiger partial charge in [-0.05, 0) is 24.1 Å². The number of aromatic amines is 1. The maximum Gasteiger partial charge on any atom is 0.223 e. The molecule has 1 aliphatic heterocycles. The van der Waals surface area contributed by atoms with E-state index in [0.717, 1.165) is 17.0 Å². The zero-order valence-corrected chi connectivity index (χ0v) is 15.8. The molecule has 5 nitrogen and oxygen atoms in total. The molecule has 5 rings (SSSR count). The predicted molar refractivity (Wildman–Crippen MR) is 107 cm³/mol. The summed E-state index contributed by atoms with van der Waals surface area (Å²) >= 11 is 0. The summed E-state index contributed by atoms with van der Waals surface area (Å²) in [6.07, 6.45) is 3.41. The number of nitrogens with zero attached hydrogens (tertiary/aromatic N) is 2. The van der Waals surface area contributed by atoms with Crippen molar-refractivity contribution >= 4 is 16.9 Å². The highest BCUT2D eigenvalue weighted by atomic mass is 19.1. The van der Waals surface area contributed by atoms with E-state index in [1.807, 2.05) is 41.3 Å². The van der Waals surface area contributed by atoms with Crippen LogP contribution < -0.4 is 0 Å². The number of para-hydroxylation sites is 1. The van der Waals surface area contributed by atoms with Gasteiger partial charge >= 0.3 is 0 Å². The number of amides is 1. The first-order valence-corrected chi connectivity index (χ1v) is 9.74. The largest absolute Gasteiger partial charge is 0.455 e. The molecule has 1 amide bonds. The molecule has 2 aromatic carbocycles. The van der Waals surface area contributed by atoms with Gasteiger partial charge in [0.1, 0.15) is 11.8 Å². The van der Waals surface area contributed by atoms with E-state index in [4.69, 9.17) is 4.42 Å². The van der Waals surface area contributed by atoms with Crippen molar-refractivity contribution in [2.24, 2.45) is 0 Å². The third kappa shape index (κ3) is 3.20. The monoisotopic (exact) mass is 389 g/mol. The van der Waals surface area contributed by atoms with E-state index in [9.17, 15) is 9.18 Å². The lowest BCUT2D eigenvalue weighted by Gasteiger charge is -2.33.